The highest BCUT2D eigenvalue weighted by atomic mass is 79.9. The Morgan fingerprint density at radius 2 is 2.14 bits per heavy atom. The van der Waals surface area contributed by atoms with Gasteiger partial charge < -0.3 is 5.32 Å². The van der Waals surface area contributed by atoms with Crippen LogP contribution in [0.3, 0.4) is 0 Å². The van der Waals surface area contributed by atoms with Gasteiger partial charge in [-0.1, -0.05) is 40.9 Å². The first-order valence-electron chi connectivity index (χ1n) is 7.73. The first-order valence-corrected chi connectivity index (χ1v) is 8.52. The van der Waals surface area contributed by atoms with Crippen LogP contribution in [0.2, 0.25) is 0 Å². The van der Waals surface area contributed by atoms with E-state index in [1.807, 2.05) is 7.05 Å². The molecule has 1 aliphatic rings. The molecule has 0 aliphatic heterocycles. The normalized spacial score (nSPS) is 17.2. The minimum atomic E-state index is 0.300. The van der Waals surface area contributed by atoms with Crippen LogP contribution in [0.1, 0.15) is 49.0 Å². The second-order valence-electron chi connectivity index (χ2n) is 5.83. The van der Waals surface area contributed by atoms with E-state index >= 15 is 0 Å². The van der Waals surface area contributed by atoms with E-state index in [0.29, 0.717) is 12.1 Å². The average Bonchev–Trinajstić information content (AvgIpc) is 3.15. The molecule has 0 amide bonds. The molecule has 0 radical (unpaired) electrons. The van der Waals surface area contributed by atoms with Gasteiger partial charge >= 0.3 is 0 Å². The molecule has 0 saturated heterocycles. The number of likely N-dealkylation sites (N-methyl/N-ethyl adjacent to an activating group) is 1. The van der Waals surface area contributed by atoms with Crippen LogP contribution in [0, 0.1) is 0 Å². The Balaban J connectivity index is 1.72. The highest BCUT2D eigenvalue weighted by Crippen LogP contribution is 2.29. The molecule has 1 aliphatic carbocycles. The molecule has 1 aromatic carbocycles. The van der Waals surface area contributed by atoms with Gasteiger partial charge in [-0.3, -0.25) is 4.68 Å². The van der Waals surface area contributed by atoms with Gasteiger partial charge in [-0.05, 0) is 43.7 Å². The van der Waals surface area contributed by atoms with Crippen molar-refractivity contribution < 1.29 is 0 Å². The van der Waals surface area contributed by atoms with Crippen LogP contribution >= 0.6 is 15.9 Å². The number of nitrogens with zero attached hydrogens (tertiary/aromatic N) is 2. The van der Waals surface area contributed by atoms with Crippen LogP contribution < -0.4 is 5.32 Å². The second kappa shape index (κ2) is 6.75. The number of rotatable bonds is 5. The molecule has 3 nitrogen and oxygen atoms in total. The number of aromatic nitrogens is 2. The van der Waals surface area contributed by atoms with E-state index < -0.39 is 0 Å². The number of halogens is 1. The van der Waals surface area contributed by atoms with E-state index in [2.05, 4.69) is 62.5 Å². The summed E-state index contributed by atoms with van der Waals surface area (Å²) in [5.74, 6) is 0. The summed E-state index contributed by atoms with van der Waals surface area (Å²) in [6.07, 6.45) is 8.32. The molecule has 1 heterocycles. The zero-order chi connectivity index (χ0) is 14.7. The predicted octanol–water partition coefficient (Wildman–Crippen LogP) is 4.26. The third kappa shape index (κ3) is 3.55. The quantitative estimate of drug-likeness (QED) is 0.875. The van der Waals surface area contributed by atoms with E-state index in [0.717, 1.165) is 10.9 Å². The highest BCUT2D eigenvalue weighted by molar-refractivity contribution is 9.10. The lowest BCUT2D eigenvalue weighted by Gasteiger charge is -2.16. The molecule has 4 heteroatoms. The minimum absolute atomic E-state index is 0.300. The lowest BCUT2D eigenvalue weighted by atomic mass is 10.0. The Labute approximate surface area is 134 Å². The fourth-order valence-corrected chi connectivity index (χ4v) is 3.59. The minimum Gasteiger partial charge on any atom is -0.313 e. The lowest BCUT2D eigenvalue weighted by Crippen LogP contribution is -2.19. The van der Waals surface area contributed by atoms with Crippen LogP contribution in [0.25, 0.3) is 0 Å². The Bertz CT molecular complexity index is 587. The Morgan fingerprint density at radius 1 is 1.33 bits per heavy atom. The van der Waals surface area contributed by atoms with Crippen molar-refractivity contribution in [3.05, 3.63) is 52.3 Å². The molecule has 1 aromatic heterocycles. The van der Waals surface area contributed by atoms with E-state index in [1.165, 1.54) is 36.9 Å². The third-order valence-corrected chi connectivity index (χ3v) is 4.87. The summed E-state index contributed by atoms with van der Waals surface area (Å²) < 4.78 is 3.30. The molecule has 2 aromatic rings. The smallest absolute Gasteiger partial charge is 0.0643 e. The Hall–Kier alpha value is -1.13. The van der Waals surface area contributed by atoms with Gasteiger partial charge in [-0.15, -0.1) is 0 Å². The summed E-state index contributed by atoms with van der Waals surface area (Å²) in [6, 6.07) is 11.6. The number of nitrogens with one attached hydrogen (secondary N) is 1. The average molecular weight is 348 g/mol. The van der Waals surface area contributed by atoms with Crippen molar-refractivity contribution in [2.75, 3.05) is 7.05 Å². The second-order valence-corrected chi connectivity index (χ2v) is 6.74. The van der Waals surface area contributed by atoms with Crippen molar-refractivity contribution in [1.82, 2.24) is 15.1 Å². The number of hydrogen-bond donors (Lipinski definition) is 1. The Morgan fingerprint density at radius 3 is 2.86 bits per heavy atom. The van der Waals surface area contributed by atoms with Crippen molar-refractivity contribution in [2.24, 2.45) is 0 Å². The van der Waals surface area contributed by atoms with Gasteiger partial charge in [-0.25, -0.2) is 0 Å². The van der Waals surface area contributed by atoms with Crippen molar-refractivity contribution in [3.63, 3.8) is 0 Å². The van der Waals surface area contributed by atoms with Crippen molar-refractivity contribution in [3.8, 4) is 0 Å². The molecular formula is C17H22BrN3. The summed E-state index contributed by atoms with van der Waals surface area (Å²) in [5.41, 5.74) is 2.46. The van der Waals surface area contributed by atoms with E-state index in [1.54, 1.807) is 0 Å². The van der Waals surface area contributed by atoms with Crippen LogP contribution in [-0.4, -0.2) is 16.8 Å². The van der Waals surface area contributed by atoms with Gasteiger partial charge in [0.1, 0.15) is 0 Å². The van der Waals surface area contributed by atoms with Crippen LogP contribution in [0.5, 0.6) is 0 Å². The van der Waals surface area contributed by atoms with Crippen LogP contribution in [0.4, 0.5) is 0 Å². The monoisotopic (exact) mass is 347 g/mol. The number of hydrogen-bond acceptors (Lipinski definition) is 2. The van der Waals surface area contributed by atoms with E-state index in [9.17, 15) is 0 Å². The van der Waals surface area contributed by atoms with Crippen LogP contribution in [0.15, 0.2) is 41.0 Å². The lowest BCUT2D eigenvalue weighted by molar-refractivity contribution is 0.459. The number of benzene rings is 1. The molecule has 112 valence electrons. The molecule has 1 N–H and O–H groups in total. The molecule has 1 atom stereocenters. The van der Waals surface area contributed by atoms with Gasteiger partial charge in [-0.2, -0.15) is 5.10 Å². The predicted molar refractivity (Wildman–Crippen MR) is 89.4 cm³/mol. The Kier molecular flexibility index (Phi) is 4.76. The fraction of sp³-hybridized carbons (Fsp3) is 0.471. The van der Waals surface area contributed by atoms with Crippen molar-refractivity contribution in [1.29, 1.82) is 0 Å². The van der Waals surface area contributed by atoms with Gasteiger partial charge in [0.15, 0.2) is 0 Å². The maximum absolute atomic E-state index is 4.79. The standard InChI is InChI=1S/C17H22BrN3/c1-19-17(13-5-4-6-14(18)11-13)12-15-9-10-21(20-15)16-7-2-3-8-16/h4-6,9-11,16-17,19H,2-3,7-8,12H2,1H3. The summed E-state index contributed by atoms with van der Waals surface area (Å²) in [6.45, 7) is 0. The van der Waals surface area contributed by atoms with Crippen LogP contribution in [-0.2, 0) is 6.42 Å². The van der Waals surface area contributed by atoms with Gasteiger partial charge in [0.05, 0.1) is 11.7 Å². The maximum Gasteiger partial charge on any atom is 0.0643 e. The van der Waals surface area contributed by atoms with E-state index in [-0.39, 0.29) is 0 Å². The molecular weight excluding hydrogens is 326 g/mol. The van der Waals surface area contributed by atoms with Gasteiger partial charge in [0.25, 0.3) is 0 Å². The largest absolute Gasteiger partial charge is 0.313 e. The molecule has 0 spiro atoms. The maximum atomic E-state index is 4.79. The topological polar surface area (TPSA) is 29.9 Å². The molecule has 1 unspecified atom stereocenters. The van der Waals surface area contributed by atoms with Gasteiger partial charge in [0.2, 0.25) is 0 Å². The van der Waals surface area contributed by atoms with Gasteiger partial charge in [0, 0.05) is 23.1 Å². The molecule has 1 saturated carbocycles. The zero-order valence-corrected chi connectivity index (χ0v) is 14.0. The first kappa shape index (κ1) is 14.8. The zero-order valence-electron chi connectivity index (χ0n) is 12.4. The summed E-state index contributed by atoms with van der Waals surface area (Å²) >= 11 is 3.55. The fourth-order valence-electron chi connectivity index (χ4n) is 3.18. The molecule has 0 bridgehead atoms. The molecule has 3 rings (SSSR count). The summed E-state index contributed by atoms with van der Waals surface area (Å²) in [5, 5.41) is 8.20. The van der Waals surface area contributed by atoms with Crippen molar-refractivity contribution >= 4 is 15.9 Å². The summed E-state index contributed by atoms with van der Waals surface area (Å²) in [7, 11) is 2.01. The molecule has 1 fully saturated rings. The summed E-state index contributed by atoms with van der Waals surface area (Å²) in [4.78, 5) is 0. The highest BCUT2D eigenvalue weighted by Gasteiger charge is 2.18. The third-order valence-electron chi connectivity index (χ3n) is 4.38. The van der Waals surface area contributed by atoms with Crippen molar-refractivity contribution in [2.45, 2.75) is 44.2 Å². The van der Waals surface area contributed by atoms with E-state index in [4.69, 9.17) is 5.10 Å². The molecule has 21 heavy (non-hydrogen) atoms. The first-order chi connectivity index (χ1) is 10.3. The SMILES string of the molecule is CNC(Cc1ccn(C2CCCC2)n1)c1cccc(Br)c1.